The van der Waals surface area contributed by atoms with Gasteiger partial charge in [-0.3, -0.25) is 4.79 Å². The highest BCUT2D eigenvalue weighted by molar-refractivity contribution is 5.77. The van der Waals surface area contributed by atoms with Crippen LogP contribution in [0.25, 0.3) is 0 Å². The van der Waals surface area contributed by atoms with Gasteiger partial charge in [-0.25, -0.2) is 0 Å². The van der Waals surface area contributed by atoms with E-state index in [0.29, 0.717) is 30.2 Å². The lowest BCUT2D eigenvalue weighted by Gasteiger charge is -2.34. The Morgan fingerprint density at radius 2 is 1.87 bits per heavy atom. The molecular formula is C20H30N2O. The minimum atomic E-state index is 0.211. The van der Waals surface area contributed by atoms with Gasteiger partial charge in [-0.15, -0.1) is 0 Å². The second kappa shape index (κ2) is 7.48. The molecule has 1 aromatic rings. The summed E-state index contributed by atoms with van der Waals surface area (Å²) < 4.78 is 0. The molecule has 3 atom stereocenters. The maximum absolute atomic E-state index is 13.0. The van der Waals surface area contributed by atoms with E-state index in [2.05, 4.69) is 36.1 Å². The van der Waals surface area contributed by atoms with Crippen molar-refractivity contribution in [3.63, 3.8) is 0 Å². The molecule has 3 unspecified atom stereocenters. The summed E-state index contributed by atoms with van der Waals surface area (Å²) in [6.07, 6.45) is 7.80. The Morgan fingerprint density at radius 3 is 2.52 bits per heavy atom. The van der Waals surface area contributed by atoms with Gasteiger partial charge in [-0.1, -0.05) is 43.2 Å². The lowest BCUT2D eigenvalue weighted by molar-refractivity contribution is -0.135. The van der Waals surface area contributed by atoms with Gasteiger partial charge in [0.05, 0.1) is 0 Å². The monoisotopic (exact) mass is 314 g/mol. The standard InChI is InChI=1S/C20H30N2O/c1-15(17-11-12-17)22(14-16-7-3-2-4-8-16)20(23)13-18-9-5-6-10-19(18)21/h2-4,7-8,15,17-19H,5-6,9-14,21H2,1H3. The predicted octanol–water partition coefficient (Wildman–Crippen LogP) is 3.72. The smallest absolute Gasteiger partial charge is 0.223 e. The predicted molar refractivity (Wildman–Crippen MR) is 93.7 cm³/mol. The molecule has 0 aromatic heterocycles. The Morgan fingerprint density at radius 1 is 1.17 bits per heavy atom. The fourth-order valence-electron chi connectivity index (χ4n) is 3.90. The molecule has 1 aromatic carbocycles. The molecule has 23 heavy (non-hydrogen) atoms. The number of rotatable bonds is 6. The van der Waals surface area contributed by atoms with Gasteiger partial charge < -0.3 is 10.6 Å². The number of carbonyl (C=O) groups is 1. The summed E-state index contributed by atoms with van der Waals surface area (Å²) in [5.41, 5.74) is 7.48. The number of benzene rings is 1. The summed E-state index contributed by atoms with van der Waals surface area (Å²) in [4.78, 5) is 15.1. The SMILES string of the molecule is CC(C1CC1)N(Cc1ccccc1)C(=O)CC1CCCCC1N. The van der Waals surface area contributed by atoms with Crippen LogP contribution in [0, 0.1) is 11.8 Å². The van der Waals surface area contributed by atoms with Gasteiger partial charge >= 0.3 is 0 Å². The molecule has 2 fully saturated rings. The van der Waals surface area contributed by atoms with Crippen LogP contribution in [0.1, 0.15) is 57.4 Å². The first-order valence-electron chi connectivity index (χ1n) is 9.24. The van der Waals surface area contributed by atoms with Crippen LogP contribution in [0.15, 0.2) is 30.3 Å². The first-order chi connectivity index (χ1) is 11.1. The van der Waals surface area contributed by atoms with Gasteiger partial charge in [0.15, 0.2) is 0 Å². The summed E-state index contributed by atoms with van der Waals surface area (Å²) in [6, 6.07) is 10.9. The number of carbonyl (C=O) groups excluding carboxylic acids is 1. The summed E-state index contributed by atoms with van der Waals surface area (Å²) in [5.74, 6) is 1.37. The van der Waals surface area contributed by atoms with Crippen LogP contribution in [0.4, 0.5) is 0 Å². The maximum Gasteiger partial charge on any atom is 0.223 e. The first kappa shape index (κ1) is 16.5. The van der Waals surface area contributed by atoms with E-state index >= 15 is 0 Å². The summed E-state index contributed by atoms with van der Waals surface area (Å²) in [5, 5.41) is 0. The highest BCUT2D eigenvalue weighted by Gasteiger charge is 2.35. The number of amides is 1. The zero-order chi connectivity index (χ0) is 16.2. The van der Waals surface area contributed by atoms with Gasteiger partial charge in [0.1, 0.15) is 0 Å². The van der Waals surface area contributed by atoms with Crippen molar-refractivity contribution in [3.8, 4) is 0 Å². The topological polar surface area (TPSA) is 46.3 Å². The van der Waals surface area contributed by atoms with Crippen LogP contribution in [-0.2, 0) is 11.3 Å². The van der Waals surface area contributed by atoms with Gasteiger partial charge in [0.25, 0.3) is 0 Å². The maximum atomic E-state index is 13.0. The van der Waals surface area contributed by atoms with Crippen LogP contribution in [0.2, 0.25) is 0 Å². The molecular weight excluding hydrogens is 284 g/mol. The number of hydrogen-bond donors (Lipinski definition) is 1. The number of nitrogens with zero attached hydrogens (tertiary/aromatic N) is 1. The molecule has 0 saturated heterocycles. The molecule has 0 bridgehead atoms. The van der Waals surface area contributed by atoms with Crippen molar-refractivity contribution in [2.24, 2.45) is 17.6 Å². The molecule has 3 rings (SSSR count). The first-order valence-corrected chi connectivity index (χ1v) is 9.24. The van der Waals surface area contributed by atoms with Crippen molar-refractivity contribution in [2.75, 3.05) is 0 Å². The van der Waals surface area contributed by atoms with Crippen molar-refractivity contribution in [3.05, 3.63) is 35.9 Å². The van der Waals surface area contributed by atoms with Gasteiger partial charge in [-0.05, 0) is 50.0 Å². The van der Waals surface area contributed by atoms with Crippen LogP contribution >= 0.6 is 0 Å². The molecule has 0 spiro atoms. The Kier molecular flexibility index (Phi) is 5.37. The third kappa shape index (κ3) is 4.35. The second-order valence-corrected chi connectivity index (χ2v) is 7.50. The average molecular weight is 314 g/mol. The van der Waals surface area contributed by atoms with E-state index in [1.807, 2.05) is 6.07 Å². The number of hydrogen-bond acceptors (Lipinski definition) is 2. The van der Waals surface area contributed by atoms with Crippen LogP contribution < -0.4 is 5.73 Å². The molecule has 0 aliphatic heterocycles. The molecule has 2 N–H and O–H groups in total. The fourth-order valence-corrected chi connectivity index (χ4v) is 3.90. The third-order valence-corrected chi connectivity index (χ3v) is 5.72. The highest BCUT2D eigenvalue weighted by Crippen LogP contribution is 2.36. The molecule has 0 radical (unpaired) electrons. The zero-order valence-corrected chi connectivity index (χ0v) is 14.3. The Balaban J connectivity index is 1.67. The van der Waals surface area contributed by atoms with Gasteiger partial charge in [-0.2, -0.15) is 0 Å². The van der Waals surface area contributed by atoms with E-state index in [1.165, 1.54) is 31.2 Å². The number of nitrogens with two attached hydrogens (primary N) is 1. The second-order valence-electron chi connectivity index (χ2n) is 7.50. The molecule has 3 nitrogen and oxygen atoms in total. The lowest BCUT2D eigenvalue weighted by Crippen LogP contribution is -2.43. The van der Waals surface area contributed by atoms with Crippen molar-refractivity contribution in [2.45, 2.75) is 70.5 Å². The van der Waals surface area contributed by atoms with E-state index < -0.39 is 0 Å². The normalized spacial score (nSPS) is 25.8. The van der Waals surface area contributed by atoms with E-state index in [-0.39, 0.29) is 6.04 Å². The molecule has 2 saturated carbocycles. The average Bonchev–Trinajstić information content (AvgIpc) is 3.40. The third-order valence-electron chi connectivity index (χ3n) is 5.72. The Bertz CT molecular complexity index is 512. The van der Waals surface area contributed by atoms with Crippen LogP contribution in [0.5, 0.6) is 0 Å². The van der Waals surface area contributed by atoms with Crippen molar-refractivity contribution in [1.29, 1.82) is 0 Å². The molecule has 2 aliphatic rings. The van der Waals surface area contributed by atoms with Crippen LogP contribution in [-0.4, -0.2) is 22.9 Å². The van der Waals surface area contributed by atoms with E-state index in [4.69, 9.17) is 5.73 Å². The van der Waals surface area contributed by atoms with Crippen molar-refractivity contribution < 1.29 is 4.79 Å². The minimum Gasteiger partial charge on any atom is -0.335 e. The van der Waals surface area contributed by atoms with Crippen molar-refractivity contribution >= 4 is 5.91 Å². The molecule has 2 aliphatic carbocycles. The summed E-state index contributed by atoms with van der Waals surface area (Å²) in [6.45, 7) is 2.96. The van der Waals surface area contributed by atoms with E-state index in [1.54, 1.807) is 0 Å². The van der Waals surface area contributed by atoms with Crippen molar-refractivity contribution in [1.82, 2.24) is 4.90 Å². The Labute approximate surface area is 140 Å². The largest absolute Gasteiger partial charge is 0.335 e. The Hall–Kier alpha value is -1.35. The molecule has 126 valence electrons. The van der Waals surface area contributed by atoms with Gasteiger partial charge in [0, 0.05) is 25.0 Å². The lowest BCUT2D eigenvalue weighted by atomic mass is 9.82. The molecule has 3 heteroatoms. The van der Waals surface area contributed by atoms with Gasteiger partial charge in [0.2, 0.25) is 5.91 Å². The minimum absolute atomic E-state index is 0.211. The zero-order valence-electron chi connectivity index (χ0n) is 14.3. The fraction of sp³-hybridized carbons (Fsp3) is 0.650. The van der Waals surface area contributed by atoms with Crippen LogP contribution in [0.3, 0.4) is 0 Å². The van der Waals surface area contributed by atoms with E-state index in [0.717, 1.165) is 19.4 Å². The quantitative estimate of drug-likeness (QED) is 0.870. The summed E-state index contributed by atoms with van der Waals surface area (Å²) in [7, 11) is 0. The molecule has 1 amide bonds. The highest BCUT2D eigenvalue weighted by atomic mass is 16.2. The summed E-state index contributed by atoms with van der Waals surface area (Å²) >= 11 is 0. The molecule has 0 heterocycles. The van der Waals surface area contributed by atoms with E-state index in [9.17, 15) is 4.79 Å².